The molecule has 5 heteroatoms. The standard InChI is InChI=1S/C16H23N3O2/c1-18(2)16(20)11-19-9-12-5-6-15(14(12)10-19)21-13-4-3-7-17-8-13/h3-4,7-8,12,14-15H,5-6,9-11H2,1-2H3/t12-,14+,15-/m1/s1. The Morgan fingerprint density at radius 3 is 3.00 bits per heavy atom. The van der Waals surface area contributed by atoms with Gasteiger partial charge in [0.2, 0.25) is 5.91 Å². The second-order valence-electron chi connectivity index (χ2n) is 6.33. The summed E-state index contributed by atoms with van der Waals surface area (Å²) in [6.07, 6.45) is 6.10. The van der Waals surface area contributed by atoms with Crippen molar-refractivity contribution in [3.63, 3.8) is 0 Å². The summed E-state index contributed by atoms with van der Waals surface area (Å²) >= 11 is 0. The van der Waals surface area contributed by atoms with Crippen molar-refractivity contribution in [3.05, 3.63) is 24.5 Å². The van der Waals surface area contributed by atoms with Crippen LogP contribution in [-0.2, 0) is 4.79 Å². The maximum absolute atomic E-state index is 11.8. The molecule has 2 heterocycles. The lowest BCUT2D eigenvalue weighted by Crippen LogP contribution is -2.36. The molecule has 0 unspecified atom stereocenters. The number of hydrogen-bond acceptors (Lipinski definition) is 4. The number of amides is 1. The number of hydrogen-bond donors (Lipinski definition) is 0. The predicted molar refractivity (Wildman–Crippen MR) is 80.0 cm³/mol. The molecule has 0 radical (unpaired) electrons. The first-order chi connectivity index (χ1) is 10.1. The summed E-state index contributed by atoms with van der Waals surface area (Å²) in [4.78, 5) is 19.9. The first kappa shape index (κ1) is 14.3. The zero-order valence-corrected chi connectivity index (χ0v) is 12.7. The third-order valence-corrected chi connectivity index (χ3v) is 4.65. The lowest BCUT2D eigenvalue weighted by Gasteiger charge is -2.22. The third-order valence-electron chi connectivity index (χ3n) is 4.65. The quantitative estimate of drug-likeness (QED) is 0.837. The normalized spacial score (nSPS) is 28.4. The van der Waals surface area contributed by atoms with Crippen molar-refractivity contribution in [1.82, 2.24) is 14.8 Å². The SMILES string of the molecule is CN(C)C(=O)CN1C[C@H]2CC[C@@H](Oc3cccnc3)[C@H]2C1. The number of carbonyl (C=O) groups excluding carboxylic acids is 1. The maximum Gasteiger partial charge on any atom is 0.236 e. The van der Waals surface area contributed by atoms with Crippen LogP contribution < -0.4 is 4.74 Å². The summed E-state index contributed by atoms with van der Waals surface area (Å²) in [5.74, 6) is 2.24. The van der Waals surface area contributed by atoms with Crippen molar-refractivity contribution in [3.8, 4) is 5.75 Å². The van der Waals surface area contributed by atoms with Crippen LogP contribution in [0.4, 0.5) is 0 Å². The Balaban J connectivity index is 1.58. The van der Waals surface area contributed by atoms with Gasteiger partial charge in [-0.05, 0) is 30.9 Å². The van der Waals surface area contributed by atoms with Crippen molar-refractivity contribution in [2.24, 2.45) is 11.8 Å². The molecule has 1 amide bonds. The molecule has 1 saturated carbocycles. The molecule has 21 heavy (non-hydrogen) atoms. The van der Waals surface area contributed by atoms with Crippen LogP contribution in [-0.4, -0.2) is 60.5 Å². The second-order valence-corrected chi connectivity index (χ2v) is 6.33. The molecule has 1 aliphatic heterocycles. The van der Waals surface area contributed by atoms with Gasteiger partial charge in [-0.2, -0.15) is 0 Å². The highest BCUT2D eigenvalue weighted by atomic mass is 16.5. The number of aromatic nitrogens is 1. The highest BCUT2D eigenvalue weighted by molar-refractivity contribution is 5.77. The van der Waals surface area contributed by atoms with Gasteiger partial charge in [-0.3, -0.25) is 14.7 Å². The Bertz CT molecular complexity index is 492. The molecule has 0 spiro atoms. The highest BCUT2D eigenvalue weighted by Crippen LogP contribution is 2.39. The average Bonchev–Trinajstić information content (AvgIpc) is 3.01. The number of carbonyl (C=O) groups is 1. The molecule has 2 fully saturated rings. The van der Waals surface area contributed by atoms with Crippen LogP contribution in [0.2, 0.25) is 0 Å². The zero-order valence-electron chi connectivity index (χ0n) is 12.7. The van der Waals surface area contributed by atoms with Gasteiger partial charge in [-0.25, -0.2) is 0 Å². The molecule has 3 atom stereocenters. The van der Waals surface area contributed by atoms with E-state index in [1.807, 2.05) is 26.2 Å². The van der Waals surface area contributed by atoms with E-state index in [4.69, 9.17) is 4.74 Å². The number of likely N-dealkylation sites (tertiary alicyclic amines) is 1. The van der Waals surface area contributed by atoms with E-state index in [0.29, 0.717) is 18.4 Å². The lowest BCUT2D eigenvalue weighted by atomic mass is 9.99. The first-order valence-corrected chi connectivity index (χ1v) is 7.62. The topological polar surface area (TPSA) is 45.7 Å². The van der Waals surface area contributed by atoms with Crippen LogP contribution in [0, 0.1) is 11.8 Å². The maximum atomic E-state index is 11.8. The van der Waals surface area contributed by atoms with Crippen molar-refractivity contribution in [2.45, 2.75) is 18.9 Å². The van der Waals surface area contributed by atoms with E-state index in [1.165, 1.54) is 6.42 Å². The smallest absolute Gasteiger partial charge is 0.236 e. The predicted octanol–water partition coefficient (Wildman–Crippen LogP) is 1.26. The van der Waals surface area contributed by atoms with Gasteiger partial charge in [0.25, 0.3) is 0 Å². The van der Waals surface area contributed by atoms with E-state index in [1.54, 1.807) is 17.3 Å². The lowest BCUT2D eigenvalue weighted by molar-refractivity contribution is -0.129. The van der Waals surface area contributed by atoms with Gasteiger partial charge < -0.3 is 9.64 Å². The van der Waals surface area contributed by atoms with Gasteiger partial charge in [-0.15, -0.1) is 0 Å². The fourth-order valence-corrected chi connectivity index (χ4v) is 3.51. The van der Waals surface area contributed by atoms with Crippen molar-refractivity contribution < 1.29 is 9.53 Å². The molecule has 0 N–H and O–H groups in total. The molecule has 2 aliphatic rings. The fraction of sp³-hybridized carbons (Fsp3) is 0.625. The highest BCUT2D eigenvalue weighted by Gasteiger charge is 2.44. The molecule has 0 aromatic carbocycles. The summed E-state index contributed by atoms with van der Waals surface area (Å²) in [5.41, 5.74) is 0. The molecule has 1 aromatic rings. The van der Waals surface area contributed by atoms with Crippen LogP contribution in [0.5, 0.6) is 5.75 Å². The monoisotopic (exact) mass is 289 g/mol. The number of pyridine rings is 1. The van der Waals surface area contributed by atoms with E-state index in [2.05, 4.69) is 9.88 Å². The van der Waals surface area contributed by atoms with Crippen LogP contribution in [0.1, 0.15) is 12.8 Å². The second kappa shape index (κ2) is 6.02. The number of likely N-dealkylation sites (N-methyl/N-ethyl adjacent to an activating group) is 1. The molecule has 1 saturated heterocycles. The van der Waals surface area contributed by atoms with Gasteiger partial charge in [0.15, 0.2) is 0 Å². The number of ether oxygens (including phenoxy) is 1. The van der Waals surface area contributed by atoms with Crippen LogP contribution in [0.25, 0.3) is 0 Å². The van der Waals surface area contributed by atoms with E-state index in [0.717, 1.165) is 25.3 Å². The number of rotatable bonds is 4. The molecule has 1 aliphatic carbocycles. The summed E-state index contributed by atoms with van der Waals surface area (Å²) < 4.78 is 6.11. The van der Waals surface area contributed by atoms with Gasteiger partial charge in [0.1, 0.15) is 11.9 Å². The van der Waals surface area contributed by atoms with Gasteiger partial charge in [0.05, 0.1) is 12.7 Å². The first-order valence-electron chi connectivity index (χ1n) is 7.62. The fourth-order valence-electron chi connectivity index (χ4n) is 3.51. The molecule has 5 nitrogen and oxygen atoms in total. The van der Waals surface area contributed by atoms with Gasteiger partial charge in [-0.1, -0.05) is 0 Å². The average molecular weight is 289 g/mol. The van der Waals surface area contributed by atoms with E-state index < -0.39 is 0 Å². The zero-order chi connectivity index (χ0) is 14.8. The summed E-state index contributed by atoms with van der Waals surface area (Å²) in [5, 5.41) is 0. The van der Waals surface area contributed by atoms with Gasteiger partial charge >= 0.3 is 0 Å². The number of nitrogens with zero attached hydrogens (tertiary/aromatic N) is 3. The van der Waals surface area contributed by atoms with E-state index in [-0.39, 0.29) is 12.0 Å². The Morgan fingerprint density at radius 1 is 1.43 bits per heavy atom. The number of fused-ring (bicyclic) bond motifs is 1. The Kier molecular flexibility index (Phi) is 4.10. The molecule has 3 rings (SSSR count). The Hall–Kier alpha value is -1.62. The Morgan fingerprint density at radius 2 is 2.29 bits per heavy atom. The Labute approximate surface area is 125 Å². The third kappa shape index (κ3) is 3.18. The van der Waals surface area contributed by atoms with Crippen LogP contribution >= 0.6 is 0 Å². The van der Waals surface area contributed by atoms with Crippen LogP contribution in [0.3, 0.4) is 0 Å². The summed E-state index contributed by atoms with van der Waals surface area (Å²) in [7, 11) is 3.63. The van der Waals surface area contributed by atoms with Crippen molar-refractivity contribution >= 4 is 5.91 Å². The molecule has 0 bridgehead atoms. The summed E-state index contributed by atoms with van der Waals surface area (Å²) in [6, 6.07) is 3.86. The summed E-state index contributed by atoms with van der Waals surface area (Å²) in [6.45, 7) is 2.52. The minimum Gasteiger partial charge on any atom is -0.488 e. The molecule has 114 valence electrons. The van der Waals surface area contributed by atoms with Crippen LogP contribution in [0.15, 0.2) is 24.5 Å². The van der Waals surface area contributed by atoms with E-state index >= 15 is 0 Å². The van der Waals surface area contributed by atoms with Gasteiger partial charge in [0, 0.05) is 39.3 Å². The molecular formula is C16H23N3O2. The van der Waals surface area contributed by atoms with Crippen molar-refractivity contribution in [2.75, 3.05) is 33.7 Å². The van der Waals surface area contributed by atoms with Crippen molar-refractivity contribution in [1.29, 1.82) is 0 Å². The minimum absolute atomic E-state index is 0.180. The largest absolute Gasteiger partial charge is 0.488 e. The molecular weight excluding hydrogens is 266 g/mol. The minimum atomic E-state index is 0.180. The molecule has 1 aromatic heterocycles. The van der Waals surface area contributed by atoms with E-state index in [9.17, 15) is 4.79 Å².